The van der Waals surface area contributed by atoms with Crippen LogP contribution in [0, 0.1) is 9.39 Å². The van der Waals surface area contributed by atoms with Crippen molar-refractivity contribution >= 4 is 80.4 Å². The molecule has 174 valence electrons. The van der Waals surface area contributed by atoms with E-state index in [0.717, 1.165) is 9.13 Å². The molecule has 1 amide bonds. The van der Waals surface area contributed by atoms with E-state index in [1.807, 2.05) is 6.07 Å². The minimum atomic E-state index is -0.335. The van der Waals surface area contributed by atoms with E-state index in [1.165, 1.54) is 24.9 Å². The van der Waals surface area contributed by atoms with Crippen LogP contribution in [0.3, 0.4) is 0 Å². The van der Waals surface area contributed by atoms with Crippen molar-refractivity contribution in [3.63, 3.8) is 0 Å². The molecule has 5 nitrogen and oxygen atoms in total. The fourth-order valence-electron chi connectivity index (χ4n) is 3.05. The van der Waals surface area contributed by atoms with E-state index in [2.05, 4.69) is 32.9 Å². The van der Waals surface area contributed by atoms with Gasteiger partial charge in [-0.3, -0.25) is 4.79 Å². The highest BCUT2D eigenvalue weighted by molar-refractivity contribution is 14.1. The van der Waals surface area contributed by atoms with Crippen molar-refractivity contribution in [2.45, 2.75) is 6.61 Å². The number of halogens is 4. The first-order chi connectivity index (χ1) is 16.4. The quantitative estimate of drug-likeness (QED) is 0.231. The Bertz CT molecular complexity index is 1330. The van der Waals surface area contributed by atoms with Crippen molar-refractivity contribution in [2.75, 3.05) is 7.11 Å². The van der Waals surface area contributed by atoms with E-state index in [-0.39, 0.29) is 18.3 Å². The molecule has 34 heavy (non-hydrogen) atoms. The zero-order valence-electron chi connectivity index (χ0n) is 17.6. The van der Waals surface area contributed by atoms with Crippen LogP contribution in [0.15, 0.2) is 64.5 Å². The highest BCUT2D eigenvalue weighted by atomic mass is 127. The van der Waals surface area contributed by atoms with Crippen LogP contribution in [-0.2, 0) is 11.4 Å². The van der Waals surface area contributed by atoms with E-state index in [4.69, 9.17) is 32.7 Å². The summed E-state index contributed by atoms with van der Waals surface area (Å²) in [6.45, 7) is 0.0591. The van der Waals surface area contributed by atoms with Gasteiger partial charge in [0.1, 0.15) is 12.4 Å². The van der Waals surface area contributed by atoms with Gasteiger partial charge in [0.05, 0.1) is 31.3 Å². The van der Waals surface area contributed by atoms with E-state index in [1.54, 1.807) is 48.5 Å². The van der Waals surface area contributed by atoms with Crippen LogP contribution in [0.4, 0.5) is 10.1 Å². The lowest BCUT2D eigenvalue weighted by Gasteiger charge is -2.14. The number of methoxy groups -OCH3 is 1. The van der Waals surface area contributed by atoms with Gasteiger partial charge in [-0.25, -0.2) is 9.38 Å². The smallest absolute Gasteiger partial charge is 0.264 e. The molecule has 1 fully saturated rings. The van der Waals surface area contributed by atoms with Crippen molar-refractivity contribution in [3.8, 4) is 11.5 Å². The lowest BCUT2D eigenvalue weighted by atomic mass is 10.1. The number of hydrogen-bond acceptors (Lipinski definition) is 5. The Morgan fingerprint density at radius 3 is 2.74 bits per heavy atom. The van der Waals surface area contributed by atoms with Crippen LogP contribution in [0.1, 0.15) is 11.1 Å². The average Bonchev–Trinajstić information content (AvgIpc) is 3.15. The number of ether oxygens (including phenoxy) is 2. The molecule has 1 aliphatic rings. The summed E-state index contributed by atoms with van der Waals surface area (Å²) in [5, 5.41) is 3.82. The predicted octanol–water partition coefficient (Wildman–Crippen LogP) is 7.22. The van der Waals surface area contributed by atoms with Gasteiger partial charge in [-0.2, -0.15) is 0 Å². The first-order valence-corrected chi connectivity index (χ1v) is 12.5. The molecule has 3 aromatic rings. The van der Waals surface area contributed by atoms with Gasteiger partial charge >= 0.3 is 0 Å². The molecule has 0 aromatic heterocycles. The SMILES string of the molecule is COc1cc(/C=C2/SC(=Nc3cccc(Cl)c3Cl)NC2=O)cc(I)c1OCc1ccccc1F. The molecule has 1 N–H and O–H groups in total. The molecule has 0 radical (unpaired) electrons. The number of carbonyl (C=O) groups excluding carboxylic acids is 1. The predicted molar refractivity (Wildman–Crippen MR) is 144 cm³/mol. The molecule has 10 heteroatoms. The minimum absolute atomic E-state index is 0.0591. The third-order valence-corrected chi connectivity index (χ3v) is 7.20. The molecule has 0 aliphatic carbocycles. The van der Waals surface area contributed by atoms with E-state index >= 15 is 0 Å². The van der Waals surface area contributed by atoms with Gasteiger partial charge < -0.3 is 14.8 Å². The Labute approximate surface area is 223 Å². The number of carbonyl (C=O) groups is 1. The van der Waals surface area contributed by atoms with Crippen LogP contribution in [0.2, 0.25) is 10.0 Å². The fourth-order valence-corrected chi connectivity index (χ4v) is 5.00. The maximum atomic E-state index is 13.9. The van der Waals surface area contributed by atoms with E-state index in [0.29, 0.717) is 42.9 Å². The molecule has 0 unspecified atom stereocenters. The molecule has 1 heterocycles. The van der Waals surface area contributed by atoms with Crippen LogP contribution in [0.5, 0.6) is 11.5 Å². The standard InChI is InChI=1S/C24H16Cl2FIN2O3S/c1-32-19-10-13(9-17(28)22(19)33-12-14-5-2-3-7-16(14)27)11-20-23(31)30-24(34-20)29-18-8-4-6-15(25)21(18)26/h2-11H,12H2,1H3,(H,29,30,31)/b20-11+. The van der Waals surface area contributed by atoms with Crippen molar-refractivity contribution in [1.29, 1.82) is 0 Å². The van der Waals surface area contributed by atoms with Crippen LogP contribution in [-0.4, -0.2) is 18.2 Å². The maximum Gasteiger partial charge on any atom is 0.264 e. The number of amides is 1. The van der Waals surface area contributed by atoms with Crippen molar-refractivity contribution in [1.82, 2.24) is 5.32 Å². The number of thioether (sulfide) groups is 1. The second-order valence-corrected chi connectivity index (χ2v) is 9.95. The third-order valence-electron chi connectivity index (χ3n) is 4.68. The highest BCUT2D eigenvalue weighted by Gasteiger charge is 2.25. The molecule has 0 atom stereocenters. The van der Waals surface area contributed by atoms with E-state index < -0.39 is 0 Å². The number of hydrogen-bond donors (Lipinski definition) is 1. The number of nitrogens with one attached hydrogen (secondary N) is 1. The molecule has 3 aromatic carbocycles. The number of aliphatic imine (C=N–C) groups is 1. The summed E-state index contributed by atoms with van der Waals surface area (Å²) >= 11 is 15.5. The Kier molecular flexibility index (Phi) is 8.02. The van der Waals surface area contributed by atoms with Crippen molar-refractivity contribution < 1.29 is 18.7 Å². The van der Waals surface area contributed by atoms with Crippen LogP contribution >= 0.6 is 57.6 Å². The summed E-state index contributed by atoms with van der Waals surface area (Å²) in [6, 6.07) is 15.1. The number of benzene rings is 3. The Balaban J connectivity index is 1.56. The van der Waals surface area contributed by atoms with Gasteiger partial charge in [0, 0.05) is 5.56 Å². The Hall–Kier alpha value is -2.27. The monoisotopic (exact) mass is 628 g/mol. The second-order valence-electron chi connectivity index (χ2n) is 6.97. The molecule has 0 bridgehead atoms. The summed E-state index contributed by atoms with van der Waals surface area (Å²) in [5.41, 5.74) is 1.64. The number of amidine groups is 1. The van der Waals surface area contributed by atoms with Gasteiger partial charge in [0.2, 0.25) is 0 Å². The summed E-state index contributed by atoms with van der Waals surface area (Å²) < 4.78 is 26.0. The maximum absolute atomic E-state index is 13.9. The molecular formula is C24H16Cl2FIN2O3S. The normalized spacial score (nSPS) is 15.6. The zero-order chi connectivity index (χ0) is 24.2. The minimum Gasteiger partial charge on any atom is -0.493 e. The lowest BCUT2D eigenvalue weighted by molar-refractivity contribution is -0.115. The summed E-state index contributed by atoms with van der Waals surface area (Å²) in [7, 11) is 1.52. The van der Waals surface area contributed by atoms with Gasteiger partial charge in [0.25, 0.3) is 5.91 Å². The zero-order valence-corrected chi connectivity index (χ0v) is 22.1. The largest absolute Gasteiger partial charge is 0.493 e. The van der Waals surface area contributed by atoms with Gasteiger partial charge in [-0.1, -0.05) is 47.5 Å². The second kappa shape index (κ2) is 11.0. The van der Waals surface area contributed by atoms with Gasteiger partial charge in [-0.15, -0.1) is 0 Å². The fraction of sp³-hybridized carbons (Fsp3) is 0.0833. The van der Waals surface area contributed by atoms with Crippen LogP contribution in [0.25, 0.3) is 6.08 Å². The summed E-state index contributed by atoms with van der Waals surface area (Å²) in [6.07, 6.45) is 1.73. The van der Waals surface area contributed by atoms with Crippen molar-refractivity contribution in [2.24, 2.45) is 4.99 Å². The first kappa shape index (κ1) is 24.8. The van der Waals surface area contributed by atoms with Gasteiger partial charge in [-0.05, 0) is 76.3 Å². The molecule has 1 saturated heterocycles. The molecule has 0 spiro atoms. The van der Waals surface area contributed by atoms with E-state index in [9.17, 15) is 9.18 Å². The van der Waals surface area contributed by atoms with Crippen molar-refractivity contribution in [3.05, 3.63) is 90.1 Å². The first-order valence-electron chi connectivity index (χ1n) is 9.83. The third kappa shape index (κ3) is 5.68. The summed E-state index contributed by atoms with van der Waals surface area (Å²) in [5.74, 6) is 0.349. The molecule has 4 rings (SSSR count). The number of rotatable bonds is 6. The summed E-state index contributed by atoms with van der Waals surface area (Å²) in [4.78, 5) is 17.3. The molecular weight excluding hydrogens is 613 g/mol. The topological polar surface area (TPSA) is 59.9 Å². The highest BCUT2D eigenvalue weighted by Crippen LogP contribution is 2.37. The lowest BCUT2D eigenvalue weighted by Crippen LogP contribution is -2.19. The average molecular weight is 629 g/mol. The molecule has 1 aliphatic heterocycles. The van der Waals surface area contributed by atoms with Crippen LogP contribution < -0.4 is 14.8 Å². The molecule has 0 saturated carbocycles. The van der Waals surface area contributed by atoms with Gasteiger partial charge in [0.15, 0.2) is 16.7 Å². The number of nitrogens with zero attached hydrogens (tertiary/aromatic N) is 1. The Morgan fingerprint density at radius 1 is 1.18 bits per heavy atom. The Morgan fingerprint density at radius 2 is 1.97 bits per heavy atom.